The number of hydrogen-bond donors (Lipinski definition) is 0. The van der Waals surface area contributed by atoms with Gasteiger partial charge >= 0.3 is 5.97 Å². The Morgan fingerprint density at radius 1 is 1.35 bits per heavy atom. The molecule has 0 saturated heterocycles. The SMILES string of the molecule is COC(=O)/C(C#N)=C\c1cccc(/C=C\C(C)C)c1C. The Labute approximate surface area is 120 Å². The topological polar surface area (TPSA) is 50.1 Å². The van der Waals surface area contributed by atoms with E-state index >= 15 is 0 Å². The number of carbonyl (C=O) groups excluding carboxylic acids is 1. The summed E-state index contributed by atoms with van der Waals surface area (Å²) in [6, 6.07) is 7.66. The number of hydrogen-bond acceptors (Lipinski definition) is 3. The van der Waals surface area contributed by atoms with E-state index in [2.05, 4.69) is 30.7 Å². The van der Waals surface area contributed by atoms with Crippen LogP contribution in [0.25, 0.3) is 12.2 Å². The average Bonchev–Trinajstić information content (AvgIpc) is 2.44. The Balaban J connectivity index is 3.21. The van der Waals surface area contributed by atoms with E-state index < -0.39 is 5.97 Å². The smallest absolute Gasteiger partial charge is 0.348 e. The number of allylic oxidation sites excluding steroid dienone is 1. The van der Waals surface area contributed by atoms with Gasteiger partial charge in [-0.05, 0) is 35.6 Å². The lowest BCUT2D eigenvalue weighted by molar-refractivity contribution is -0.135. The lowest BCUT2D eigenvalue weighted by Gasteiger charge is -2.06. The zero-order valence-electron chi connectivity index (χ0n) is 12.3. The van der Waals surface area contributed by atoms with Crippen LogP contribution in [0.5, 0.6) is 0 Å². The molecular weight excluding hydrogens is 250 g/mol. The number of rotatable bonds is 4. The van der Waals surface area contributed by atoms with Gasteiger partial charge in [-0.2, -0.15) is 5.26 Å². The lowest BCUT2D eigenvalue weighted by Crippen LogP contribution is -2.03. The lowest BCUT2D eigenvalue weighted by atomic mass is 9.99. The fraction of sp³-hybridized carbons (Fsp3) is 0.294. The Morgan fingerprint density at radius 3 is 2.55 bits per heavy atom. The standard InChI is InChI=1S/C17H19NO2/c1-12(2)8-9-14-6-5-7-15(13(14)3)10-16(11-18)17(19)20-4/h5-10,12H,1-4H3/b9-8-,16-10-. The maximum Gasteiger partial charge on any atom is 0.348 e. The quantitative estimate of drug-likeness (QED) is 0.475. The van der Waals surface area contributed by atoms with Crippen LogP contribution in [0, 0.1) is 24.2 Å². The van der Waals surface area contributed by atoms with Crippen LogP contribution in [0.4, 0.5) is 0 Å². The Kier molecular flexibility index (Phi) is 5.74. The summed E-state index contributed by atoms with van der Waals surface area (Å²) in [6.07, 6.45) is 5.73. The molecule has 0 bridgehead atoms. The van der Waals surface area contributed by atoms with E-state index in [9.17, 15) is 4.79 Å². The molecule has 0 atom stereocenters. The monoisotopic (exact) mass is 269 g/mol. The van der Waals surface area contributed by atoms with Crippen LogP contribution >= 0.6 is 0 Å². The van der Waals surface area contributed by atoms with Crippen molar-refractivity contribution in [2.45, 2.75) is 20.8 Å². The highest BCUT2D eigenvalue weighted by molar-refractivity contribution is 5.98. The molecule has 0 saturated carbocycles. The number of esters is 1. The van der Waals surface area contributed by atoms with Crippen molar-refractivity contribution in [2.75, 3.05) is 7.11 Å². The molecule has 0 aliphatic carbocycles. The maximum absolute atomic E-state index is 11.4. The van der Waals surface area contributed by atoms with Crippen molar-refractivity contribution in [3.8, 4) is 6.07 Å². The van der Waals surface area contributed by atoms with Crippen LogP contribution in [0.15, 0.2) is 29.8 Å². The minimum atomic E-state index is -0.616. The van der Waals surface area contributed by atoms with Crippen molar-refractivity contribution < 1.29 is 9.53 Å². The van der Waals surface area contributed by atoms with Crippen LogP contribution in [0.2, 0.25) is 0 Å². The van der Waals surface area contributed by atoms with Gasteiger partial charge in [0, 0.05) is 0 Å². The van der Waals surface area contributed by atoms with Gasteiger partial charge in [0.1, 0.15) is 11.6 Å². The van der Waals surface area contributed by atoms with Gasteiger partial charge in [-0.3, -0.25) is 0 Å². The Hall–Kier alpha value is -2.34. The molecule has 0 spiro atoms. The van der Waals surface area contributed by atoms with Crippen molar-refractivity contribution in [3.05, 3.63) is 46.5 Å². The van der Waals surface area contributed by atoms with Crippen LogP contribution in [0.3, 0.4) is 0 Å². The van der Waals surface area contributed by atoms with E-state index in [-0.39, 0.29) is 5.57 Å². The molecule has 0 aliphatic rings. The van der Waals surface area contributed by atoms with Crippen LogP contribution < -0.4 is 0 Å². The van der Waals surface area contributed by atoms with Crippen LogP contribution in [0.1, 0.15) is 30.5 Å². The summed E-state index contributed by atoms with van der Waals surface area (Å²) in [6.45, 7) is 6.19. The highest BCUT2D eigenvalue weighted by Crippen LogP contribution is 2.19. The molecular formula is C17H19NO2. The zero-order valence-corrected chi connectivity index (χ0v) is 12.3. The molecule has 0 amide bonds. The number of benzene rings is 1. The highest BCUT2D eigenvalue weighted by atomic mass is 16.5. The van der Waals surface area contributed by atoms with Crippen molar-refractivity contribution >= 4 is 18.1 Å². The Bertz CT molecular complexity index is 589. The fourth-order valence-electron chi connectivity index (χ4n) is 1.71. The van der Waals surface area contributed by atoms with E-state index in [1.807, 2.05) is 31.2 Å². The van der Waals surface area contributed by atoms with Gasteiger partial charge in [-0.15, -0.1) is 0 Å². The molecule has 1 aromatic rings. The van der Waals surface area contributed by atoms with Gasteiger partial charge in [0.2, 0.25) is 0 Å². The zero-order chi connectivity index (χ0) is 15.1. The van der Waals surface area contributed by atoms with E-state index in [1.165, 1.54) is 7.11 Å². The van der Waals surface area contributed by atoms with Crippen molar-refractivity contribution in [1.29, 1.82) is 5.26 Å². The molecule has 1 rings (SSSR count). The van der Waals surface area contributed by atoms with Crippen LogP contribution in [-0.2, 0) is 9.53 Å². The first-order valence-electron chi connectivity index (χ1n) is 6.47. The molecule has 0 radical (unpaired) electrons. The number of nitriles is 1. The van der Waals surface area contributed by atoms with Gasteiger partial charge in [-0.1, -0.05) is 44.2 Å². The van der Waals surface area contributed by atoms with E-state index in [0.717, 1.165) is 16.7 Å². The highest BCUT2D eigenvalue weighted by Gasteiger charge is 2.09. The first kappa shape index (κ1) is 15.7. The number of nitrogens with zero attached hydrogens (tertiary/aromatic N) is 1. The summed E-state index contributed by atoms with van der Waals surface area (Å²) in [4.78, 5) is 11.4. The fourth-order valence-corrected chi connectivity index (χ4v) is 1.71. The molecule has 0 aliphatic heterocycles. The third-order valence-electron chi connectivity index (χ3n) is 2.90. The average molecular weight is 269 g/mol. The Morgan fingerprint density at radius 2 is 2.00 bits per heavy atom. The summed E-state index contributed by atoms with van der Waals surface area (Å²) in [5.74, 6) is -0.145. The van der Waals surface area contributed by atoms with E-state index in [1.54, 1.807) is 6.08 Å². The summed E-state index contributed by atoms with van der Waals surface area (Å²) in [7, 11) is 1.27. The molecule has 3 heteroatoms. The van der Waals surface area contributed by atoms with Crippen molar-refractivity contribution in [3.63, 3.8) is 0 Å². The van der Waals surface area contributed by atoms with E-state index in [4.69, 9.17) is 5.26 Å². The molecule has 0 N–H and O–H groups in total. The van der Waals surface area contributed by atoms with Gasteiger partial charge in [0.15, 0.2) is 0 Å². The molecule has 104 valence electrons. The second-order valence-corrected chi connectivity index (χ2v) is 4.83. The predicted octanol–water partition coefficient (Wildman–Crippen LogP) is 3.74. The van der Waals surface area contributed by atoms with Gasteiger partial charge in [0.25, 0.3) is 0 Å². The molecule has 0 fully saturated rings. The molecule has 0 heterocycles. The predicted molar refractivity (Wildman–Crippen MR) is 80.7 cm³/mol. The first-order chi connectivity index (χ1) is 9.49. The van der Waals surface area contributed by atoms with Crippen LogP contribution in [-0.4, -0.2) is 13.1 Å². The molecule has 3 nitrogen and oxygen atoms in total. The summed E-state index contributed by atoms with van der Waals surface area (Å²) in [5, 5.41) is 8.99. The third-order valence-corrected chi connectivity index (χ3v) is 2.90. The molecule has 20 heavy (non-hydrogen) atoms. The van der Waals surface area contributed by atoms with Gasteiger partial charge in [-0.25, -0.2) is 4.79 Å². The first-order valence-corrected chi connectivity index (χ1v) is 6.47. The summed E-state index contributed by atoms with van der Waals surface area (Å²) >= 11 is 0. The normalized spacial score (nSPS) is 11.7. The largest absolute Gasteiger partial charge is 0.465 e. The second-order valence-electron chi connectivity index (χ2n) is 4.83. The number of methoxy groups -OCH3 is 1. The molecule has 0 aromatic heterocycles. The molecule has 0 unspecified atom stereocenters. The van der Waals surface area contributed by atoms with Crippen molar-refractivity contribution in [2.24, 2.45) is 5.92 Å². The number of ether oxygens (including phenoxy) is 1. The summed E-state index contributed by atoms with van der Waals surface area (Å²) in [5.41, 5.74) is 2.95. The molecule has 1 aromatic carbocycles. The second kappa shape index (κ2) is 7.30. The summed E-state index contributed by atoms with van der Waals surface area (Å²) < 4.78 is 4.58. The van der Waals surface area contributed by atoms with Crippen molar-refractivity contribution in [1.82, 2.24) is 0 Å². The maximum atomic E-state index is 11.4. The number of carbonyl (C=O) groups is 1. The minimum absolute atomic E-state index is 0.000546. The minimum Gasteiger partial charge on any atom is -0.465 e. The third kappa shape index (κ3) is 4.10. The van der Waals surface area contributed by atoms with Gasteiger partial charge in [0.05, 0.1) is 7.11 Å². The van der Waals surface area contributed by atoms with Gasteiger partial charge < -0.3 is 4.74 Å². The van der Waals surface area contributed by atoms with E-state index in [0.29, 0.717) is 5.92 Å².